The van der Waals surface area contributed by atoms with Crippen molar-refractivity contribution >= 4 is 28.8 Å². The Labute approximate surface area is 155 Å². The molecule has 0 bridgehead atoms. The maximum atomic E-state index is 12.8. The summed E-state index contributed by atoms with van der Waals surface area (Å²) in [4.78, 5) is 45.0. The van der Waals surface area contributed by atoms with Crippen LogP contribution in [0.3, 0.4) is 0 Å². The van der Waals surface area contributed by atoms with Gasteiger partial charge in [0.1, 0.15) is 12.4 Å². The Hall–Kier alpha value is -1.25. The molecule has 0 aliphatic carbocycles. The van der Waals surface area contributed by atoms with Crippen LogP contribution in [0.25, 0.3) is 0 Å². The molecule has 10 heteroatoms. The molecule has 0 spiro atoms. The number of hydrogen-bond donors (Lipinski definition) is 2. The minimum atomic E-state index is -2.73. The smallest absolute Gasteiger partial charge is 0.391 e. The Balaban J connectivity index is 2.30. The van der Waals surface area contributed by atoms with E-state index in [2.05, 4.69) is 6.58 Å². The third-order valence-electron chi connectivity index (χ3n) is 4.34. The highest BCUT2D eigenvalue weighted by Crippen LogP contribution is 2.50. The third-order valence-corrected chi connectivity index (χ3v) is 5.78. The van der Waals surface area contributed by atoms with Crippen molar-refractivity contribution in [1.82, 2.24) is 4.90 Å². The first kappa shape index (κ1) is 21.1. The SMILES string of the molecule is C=CCOC(=O)C1=C(OP(O)O)[C@H](C)C2[C@@H]([C@@H](C)O[Si](C)(C)C)C(=O)N12. The molecule has 1 fully saturated rings. The van der Waals surface area contributed by atoms with Crippen LogP contribution >= 0.6 is 8.60 Å². The van der Waals surface area contributed by atoms with Crippen LogP contribution in [0.5, 0.6) is 0 Å². The van der Waals surface area contributed by atoms with Gasteiger partial charge in [-0.25, -0.2) is 4.79 Å². The second-order valence-electron chi connectivity index (χ2n) is 7.39. The summed E-state index contributed by atoms with van der Waals surface area (Å²) in [5.74, 6) is -1.76. The fourth-order valence-electron chi connectivity index (χ4n) is 3.54. The van der Waals surface area contributed by atoms with E-state index in [1.165, 1.54) is 11.0 Å². The van der Waals surface area contributed by atoms with Gasteiger partial charge in [-0.15, -0.1) is 0 Å². The predicted octanol–water partition coefficient (Wildman–Crippen LogP) is 1.87. The second-order valence-corrected chi connectivity index (χ2v) is 12.5. The zero-order chi connectivity index (χ0) is 19.8. The molecule has 146 valence electrons. The molecule has 2 N–H and O–H groups in total. The lowest BCUT2D eigenvalue weighted by molar-refractivity contribution is -0.163. The third kappa shape index (κ3) is 4.02. The molecular weight excluding hydrogens is 377 g/mol. The molecule has 0 radical (unpaired) electrons. The molecule has 4 atom stereocenters. The highest BCUT2D eigenvalue weighted by Gasteiger charge is 2.62. The van der Waals surface area contributed by atoms with Crippen molar-refractivity contribution < 1.29 is 33.1 Å². The van der Waals surface area contributed by atoms with Gasteiger partial charge in [0.2, 0.25) is 5.91 Å². The Bertz CT molecular complexity index is 631. The van der Waals surface area contributed by atoms with E-state index in [9.17, 15) is 19.4 Å². The van der Waals surface area contributed by atoms with E-state index >= 15 is 0 Å². The van der Waals surface area contributed by atoms with E-state index in [1.807, 2.05) is 26.6 Å². The number of fused-ring (bicyclic) bond motifs is 1. The zero-order valence-corrected chi connectivity index (χ0v) is 17.5. The van der Waals surface area contributed by atoms with Gasteiger partial charge in [0.15, 0.2) is 14.0 Å². The van der Waals surface area contributed by atoms with Crippen molar-refractivity contribution in [3.05, 3.63) is 24.1 Å². The molecule has 0 saturated carbocycles. The normalized spacial score (nSPS) is 26.5. The Morgan fingerprint density at radius 1 is 1.42 bits per heavy atom. The molecule has 1 saturated heterocycles. The largest absolute Gasteiger partial charge is 0.457 e. The van der Waals surface area contributed by atoms with E-state index in [-0.39, 0.29) is 42.0 Å². The van der Waals surface area contributed by atoms with Crippen molar-refractivity contribution in [2.75, 3.05) is 6.61 Å². The standard InChI is InChI=1S/C16H26NO7PSi/c1-7-8-22-16(19)13-14(23-25(20)21)9(2)12-11(15(18)17(12)13)10(3)24-26(4,5)6/h7,9-12,20-21H,1,8H2,2-6H3/t9-,10-,11-,12?/m1/s1. The van der Waals surface area contributed by atoms with Crippen molar-refractivity contribution in [1.29, 1.82) is 0 Å². The monoisotopic (exact) mass is 403 g/mol. The molecule has 2 aliphatic heterocycles. The summed E-state index contributed by atoms with van der Waals surface area (Å²) in [5, 5.41) is 0. The summed E-state index contributed by atoms with van der Waals surface area (Å²) >= 11 is 0. The summed E-state index contributed by atoms with van der Waals surface area (Å²) in [6.07, 6.45) is 1.09. The Morgan fingerprint density at radius 3 is 2.54 bits per heavy atom. The molecule has 2 rings (SSSR count). The molecule has 0 aromatic heterocycles. The minimum Gasteiger partial charge on any atom is -0.457 e. The first-order valence-electron chi connectivity index (χ1n) is 8.38. The summed E-state index contributed by atoms with van der Waals surface area (Å²) in [5.41, 5.74) is -0.0681. The van der Waals surface area contributed by atoms with Crippen LogP contribution in [-0.2, 0) is 23.3 Å². The molecule has 0 aromatic carbocycles. The number of esters is 1. The minimum absolute atomic E-state index is 0.0255. The highest BCUT2D eigenvalue weighted by atomic mass is 31.2. The molecule has 0 aromatic rings. The van der Waals surface area contributed by atoms with Crippen LogP contribution < -0.4 is 0 Å². The van der Waals surface area contributed by atoms with E-state index in [0.29, 0.717) is 0 Å². The highest BCUT2D eigenvalue weighted by molar-refractivity contribution is 7.39. The maximum absolute atomic E-state index is 12.8. The van der Waals surface area contributed by atoms with E-state index < -0.39 is 28.8 Å². The van der Waals surface area contributed by atoms with Crippen LogP contribution in [-0.4, -0.2) is 53.6 Å². The number of rotatable bonds is 8. The Morgan fingerprint density at radius 2 is 2.04 bits per heavy atom. The fraction of sp³-hybridized carbons (Fsp3) is 0.625. The van der Waals surface area contributed by atoms with Gasteiger partial charge in [-0.05, 0) is 26.6 Å². The van der Waals surface area contributed by atoms with Crippen LogP contribution in [0.2, 0.25) is 19.6 Å². The predicted molar refractivity (Wildman–Crippen MR) is 97.8 cm³/mol. The second kappa shape index (κ2) is 7.78. The van der Waals surface area contributed by atoms with Crippen LogP contribution in [0.1, 0.15) is 13.8 Å². The summed E-state index contributed by atoms with van der Waals surface area (Å²) in [6.45, 7) is 13.2. The molecule has 1 amide bonds. The summed E-state index contributed by atoms with van der Waals surface area (Å²) in [7, 11) is -4.58. The van der Waals surface area contributed by atoms with Gasteiger partial charge in [0.25, 0.3) is 0 Å². The van der Waals surface area contributed by atoms with Gasteiger partial charge in [-0.2, -0.15) is 0 Å². The van der Waals surface area contributed by atoms with Gasteiger partial charge >= 0.3 is 14.6 Å². The van der Waals surface area contributed by atoms with Crippen molar-refractivity contribution in [3.63, 3.8) is 0 Å². The van der Waals surface area contributed by atoms with Gasteiger partial charge in [-0.3, -0.25) is 9.69 Å². The molecule has 26 heavy (non-hydrogen) atoms. The number of β-lactam (4-membered cyclic amide) rings is 1. The molecule has 2 aliphatic rings. The molecular formula is C16H26NO7PSi. The van der Waals surface area contributed by atoms with Crippen molar-refractivity contribution in [2.24, 2.45) is 11.8 Å². The molecule has 1 unspecified atom stereocenters. The average Bonchev–Trinajstić information content (AvgIpc) is 2.72. The lowest BCUT2D eigenvalue weighted by Gasteiger charge is -2.48. The summed E-state index contributed by atoms with van der Waals surface area (Å²) < 4.78 is 16.2. The molecule has 2 heterocycles. The van der Waals surface area contributed by atoms with Gasteiger partial charge < -0.3 is 23.5 Å². The van der Waals surface area contributed by atoms with Crippen LogP contribution in [0.4, 0.5) is 0 Å². The maximum Gasteiger partial charge on any atom is 0.391 e. The van der Waals surface area contributed by atoms with Crippen LogP contribution in [0.15, 0.2) is 24.1 Å². The number of nitrogens with zero attached hydrogens (tertiary/aromatic N) is 1. The van der Waals surface area contributed by atoms with Crippen molar-refractivity contribution in [3.8, 4) is 0 Å². The number of hydrogen-bond acceptors (Lipinski definition) is 7. The zero-order valence-electron chi connectivity index (χ0n) is 15.6. The first-order chi connectivity index (χ1) is 12.0. The van der Waals surface area contributed by atoms with Gasteiger partial charge in [0, 0.05) is 5.92 Å². The lowest BCUT2D eigenvalue weighted by Crippen LogP contribution is -2.64. The number of carbonyl (C=O) groups is 2. The van der Waals surface area contributed by atoms with Gasteiger partial charge in [0.05, 0.1) is 18.1 Å². The average molecular weight is 403 g/mol. The van der Waals surface area contributed by atoms with E-state index in [0.717, 1.165) is 0 Å². The van der Waals surface area contributed by atoms with Crippen molar-refractivity contribution in [2.45, 2.75) is 45.6 Å². The number of carbonyl (C=O) groups excluding carboxylic acids is 2. The quantitative estimate of drug-likeness (QED) is 0.210. The topological polar surface area (TPSA) is 106 Å². The fourth-order valence-corrected chi connectivity index (χ4v) is 5.23. The van der Waals surface area contributed by atoms with E-state index in [4.69, 9.17) is 13.7 Å². The lowest BCUT2D eigenvalue weighted by atomic mass is 9.79. The first-order valence-corrected chi connectivity index (χ1v) is 13.0. The Kier molecular flexibility index (Phi) is 6.30. The number of amides is 1. The molecule has 8 nitrogen and oxygen atoms in total. The number of ether oxygens (including phenoxy) is 1. The van der Waals surface area contributed by atoms with Crippen LogP contribution in [0, 0.1) is 11.8 Å². The van der Waals surface area contributed by atoms with E-state index in [1.54, 1.807) is 6.92 Å². The van der Waals surface area contributed by atoms with Gasteiger partial charge in [-0.1, -0.05) is 19.6 Å². The summed E-state index contributed by atoms with van der Waals surface area (Å²) in [6, 6.07) is -0.343.